The van der Waals surface area contributed by atoms with Gasteiger partial charge in [0.25, 0.3) is 0 Å². The Balaban J connectivity index is 1.52. The van der Waals surface area contributed by atoms with Crippen molar-refractivity contribution in [2.45, 2.75) is 38.8 Å². The largest absolute Gasteiger partial charge is 0.439 e. The van der Waals surface area contributed by atoms with Crippen LogP contribution < -0.4 is 20.3 Å². The highest BCUT2D eigenvalue weighted by molar-refractivity contribution is 7.80. The molecule has 0 bridgehead atoms. The van der Waals surface area contributed by atoms with Crippen LogP contribution in [0.4, 0.5) is 11.8 Å². The van der Waals surface area contributed by atoms with Crippen LogP contribution >= 0.6 is 12.2 Å². The van der Waals surface area contributed by atoms with Crippen LogP contribution in [0.5, 0.6) is 11.6 Å². The van der Waals surface area contributed by atoms with Gasteiger partial charge < -0.3 is 20.3 Å². The fourth-order valence-corrected chi connectivity index (χ4v) is 3.80. The van der Waals surface area contributed by atoms with E-state index in [9.17, 15) is 0 Å². The minimum atomic E-state index is 0.421. The number of piperidine rings is 1. The van der Waals surface area contributed by atoms with Gasteiger partial charge in [0.05, 0.1) is 0 Å². The third-order valence-corrected chi connectivity index (χ3v) is 5.52. The first kappa shape index (κ1) is 21.1. The van der Waals surface area contributed by atoms with E-state index in [1.165, 1.54) is 6.42 Å². The van der Waals surface area contributed by atoms with Crippen LogP contribution in [0, 0.1) is 0 Å². The molecule has 1 aliphatic heterocycles. The predicted molar refractivity (Wildman–Crippen MR) is 129 cm³/mol. The number of benzene rings is 2. The van der Waals surface area contributed by atoms with Crippen LogP contribution in [-0.2, 0) is 6.54 Å². The summed E-state index contributed by atoms with van der Waals surface area (Å²) >= 11 is 5.47. The number of hydrogen-bond donors (Lipinski definition) is 2. The molecule has 4 rings (SSSR count). The standard InChI is InChI=1S/C24H27N5OS/c1-18-10-8-9-15-29(18)21-16-22(30-20-13-6-3-7-14-20)27-23(26-21)28-24(31)25-17-19-11-4-2-5-12-19/h2-7,11-14,16,18H,8-10,15,17H2,1H3,(H2,25,26,27,28,31)/t18-/m0/s1. The molecular weight excluding hydrogens is 406 g/mol. The summed E-state index contributed by atoms with van der Waals surface area (Å²) in [7, 11) is 0. The highest BCUT2D eigenvalue weighted by Gasteiger charge is 2.21. The van der Waals surface area contributed by atoms with Gasteiger partial charge in [-0.1, -0.05) is 48.5 Å². The van der Waals surface area contributed by atoms with E-state index >= 15 is 0 Å². The molecule has 1 atom stereocenters. The first-order valence-electron chi connectivity index (χ1n) is 10.6. The van der Waals surface area contributed by atoms with E-state index in [-0.39, 0.29) is 0 Å². The summed E-state index contributed by atoms with van der Waals surface area (Å²) in [5.74, 6) is 2.49. The van der Waals surface area contributed by atoms with Crippen molar-refractivity contribution >= 4 is 29.1 Å². The molecule has 7 heteroatoms. The van der Waals surface area contributed by atoms with Crippen molar-refractivity contribution in [2.75, 3.05) is 16.8 Å². The van der Waals surface area contributed by atoms with Crippen molar-refractivity contribution in [1.82, 2.24) is 15.3 Å². The number of nitrogens with one attached hydrogen (secondary N) is 2. The maximum absolute atomic E-state index is 6.02. The molecule has 1 fully saturated rings. The van der Waals surface area contributed by atoms with Crippen LogP contribution in [-0.4, -0.2) is 27.7 Å². The molecular formula is C24H27N5OS. The van der Waals surface area contributed by atoms with Gasteiger partial charge in [0.1, 0.15) is 11.6 Å². The zero-order chi connectivity index (χ0) is 21.5. The van der Waals surface area contributed by atoms with Crippen molar-refractivity contribution in [3.63, 3.8) is 0 Å². The van der Waals surface area contributed by atoms with Crippen LogP contribution in [0.3, 0.4) is 0 Å². The average Bonchev–Trinajstić information content (AvgIpc) is 2.79. The first-order chi connectivity index (χ1) is 15.2. The molecule has 0 unspecified atom stereocenters. The van der Waals surface area contributed by atoms with Crippen molar-refractivity contribution in [1.29, 1.82) is 0 Å². The summed E-state index contributed by atoms with van der Waals surface area (Å²) < 4.78 is 6.02. The molecule has 0 radical (unpaired) electrons. The monoisotopic (exact) mass is 433 g/mol. The minimum absolute atomic E-state index is 0.421. The Morgan fingerprint density at radius 2 is 1.81 bits per heavy atom. The molecule has 0 aliphatic carbocycles. The number of para-hydroxylation sites is 1. The number of rotatable bonds is 6. The molecule has 3 aromatic rings. The lowest BCUT2D eigenvalue weighted by molar-refractivity contribution is 0.457. The Morgan fingerprint density at radius 3 is 2.55 bits per heavy atom. The van der Waals surface area contributed by atoms with Gasteiger partial charge in [0, 0.05) is 25.2 Å². The summed E-state index contributed by atoms with van der Waals surface area (Å²) in [5, 5.41) is 6.81. The van der Waals surface area contributed by atoms with Gasteiger partial charge in [-0.05, 0) is 56.1 Å². The lowest BCUT2D eigenvalue weighted by atomic mass is 10.0. The zero-order valence-electron chi connectivity index (χ0n) is 17.6. The highest BCUT2D eigenvalue weighted by Crippen LogP contribution is 2.28. The van der Waals surface area contributed by atoms with Crippen molar-refractivity contribution in [3.8, 4) is 11.6 Å². The second-order valence-corrected chi connectivity index (χ2v) is 8.04. The van der Waals surface area contributed by atoms with E-state index in [1.807, 2.05) is 54.6 Å². The van der Waals surface area contributed by atoms with Gasteiger partial charge in [0.15, 0.2) is 5.11 Å². The fourth-order valence-electron chi connectivity index (χ4n) is 3.64. The Bertz CT molecular complexity index is 999. The van der Waals surface area contributed by atoms with Crippen LogP contribution in [0.15, 0.2) is 66.7 Å². The van der Waals surface area contributed by atoms with Gasteiger partial charge >= 0.3 is 0 Å². The maximum atomic E-state index is 6.02. The van der Waals surface area contributed by atoms with Gasteiger partial charge in [0.2, 0.25) is 11.8 Å². The molecule has 1 aromatic heterocycles. The van der Waals surface area contributed by atoms with E-state index in [0.29, 0.717) is 29.5 Å². The molecule has 1 aliphatic rings. The summed E-state index contributed by atoms with van der Waals surface area (Å²) in [6.07, 6.45) is 3.55. The first-order valence-corrected chi connectivity index (χ1v) is 11.1. The number of aromatic nitrogens is 2. The summed E-state index contributed by atoms with van der Waals surface area (Å²) in [6.45, 7) is 3.83. The van der Waals surface area contributed by atoms with Crippen LogP contribution in [0.2, 0.25) is 0 Å². The molecule has 160 valence electrons. The Hall–Kier alpha value is -3.19. The molecule has 31 heavy (non-hydrogen) atoms. The molecule has 0 amide bonds. The van der Waals surface area contributed by atoms with Gasteiger partial charge in [-0.25, -0.2) is 0 Å². The number of ether oxygens (including phenoxy) is 1. The zero-order valence-corrected chi connectivity index (χ0v) is 18.4. The second-order valence-electron chi connectivity index (χ2n) is 7.63. The van der Waals surface area contributed by atoms with Crippen molar-refractivity contribution in [3.05, 3.63) is 72.3 Å². The molecule has 2 N–H and O–H groups in total. The van der Waals surface area contributed by atoms with E-state index < -0.39 is 0 Å². The summed E-state index contributed by atoms with van der Waals surface area (Å²) in [4.78, 5) is 11.6. The number of anilines is 2. The number of nitrogens with zero attached hydrogens (tertiary/aromatic N) is 3. The third-order valence-electron chi connectivity index (χ3n) is 5.27. The van der Waals surface area contributed by atoms with E-state index in [0.717, 1.165) is 36.5 Å². The summed E-state index contributed by atoms with van der Waals surface area (Å²) in [5.41, 5.74) is 1.15. The Labute approximate surface area is 188 Å². The highest BCUT2D eigenvalue weighted by atomic mass is 32.1. The Kier molecular flexibility index (Phi) is 6.94. The van der Waals surface area contributed by atoms with E-state index in [2.05, 4.69) is 39.6 Å². The Morgan fingerprint density at radius 1 is 1.06 bits per heavy atom. The van der Waals surface area contributed by atoms with Gasteiger partial charge in [-0.15, -0.1) is 0 Å². The van der Waals surface area contributed by atoms with Gasteiger partial charge in [-0.3, -0.25) is 0 Å². The lowest BCUT2D eigenvalue weighted by Gasteiger charge is -2.34. The van der Waals surface area contributed by atoms with Crippen molar-refractivity contribution < 1.29 is 4.74 Å². The molecule has 0 saturated carbocycles. The average molecular weight is 434 g/mol. The lowest BCUT2D eigenvalue weighted by Crippen LogP contribution is -2.38. The van der Waals surface area contributed by atoms with Crippen LogP contribution in [0.1, 0.15) is 31.7 Å². The molecule has 0 spiro atoms. The summed E-state index contributed by atoms with van der Waals surface area (Å²) in [6, 6.07) is 22.1. The minimum Gasteiger partial charge on any atom is -0.439 e. The SMILES string of the molecule is C[C@H]1CCCCN1c1cc(Oc2ccccc2)nc(NC(=S)NCc2ccccc2)n1. The molecule has 2 aromatic carbocycles. The van der Waals surface area contributed by atoms with Crippen LogP contribution in [0.25, 0.3) is 0 Å². The third kappa shape index (κ3) is 5.92. The predicted octanol–water partition coefficient (Wildman–Crippen LogP) is 5.13. The molecule has 6 nitrogen and oxygen atoms in total. The molecule has 1 saturated heterocycles. The second kappa shape index (κ2) is 10.2. The molecule has 2 heterocycles. The van der Waals surface area contributed by atoms with Crippen molar-refractivity contribution in [2.24, 2.45) is 0 Å². The normalized spacial score (nSPS) is 15.9. The topological polar surface area (TPSA) is 62.3 Å². The quantitative estimate of drug-likeness (QED) is 0.522. The number of hydrogen-bond acceptors (Lipinski definition) is 5. The maximum Gasteiger partial charge on any atom is 0.234 e. The van der Waals surface area contributed by atoms with E-state index in [1.54, 1.807) is 0 Å². The van der Waals surface area contributed by atoms with E-state index in [4.69, 9.17) is 21.9 Å². The fraction of sp³-hybridized carbons (Fsp3) is 0.292. The smallest absolute Gasteiger partial charge is 0.234 e. The number of thiocarbonyl (C=S) groups is 1. The van der Waals surface area contributed by atoms with Gasteiger partial charge in [-0.2, -0.15) is 9.97 Å².